The van der Waals surface area contributed by atoms with Crippen LogP contribution < -0.4 is 9.97 Å². The van der Waals surface area contributed by atoms with Crippen LogP contribution in [0.15, 0.2) is 30.9 Å². The normalized spacial score (nSPS) is 16.8. The van der Waals surface area contributed by atoms with Gasteiger partial charge in [0.1, 0.15) is 12.4 Å². The van der Waals surface area contributed by atoms with Gasteiger partial charge < -0.3 is 14.7 Å². The number of fused-ring (bicyclic) bond motifs is 5. The maximum absolute atomic E-state index is 13.0. The molecule has 0 saturated heterocycles. The van der Waals surface area contributed by atoms with Crippen LogP contribution in [0.2, 0.25) is 0 Å². The van der Waals surface area contributed by atoms with Gasteiger partial charge in [0, 0.05) is 45.7 Å². The molecule has 0 fully saturated rings. The summed E-state index contributed by atoms with van der Waals surface area (Å²) in [7, 11) is 0. The molecule has 5 rings (SSSR count). The van der Waals surface area contributed by atoms with E-state index < -0.39 is 0 Å². The number of ketones is 1. The maximum Gasteiger partial charge on any atom is 2.00 e. The van der Waals surface area contributed by atoms with Crippen molar-refractivity contribution in [3.05, 3.63) is 81.4 Å². The van der Waals surface area contributed by atoms with E-state index in [2.05, 4.69) is 73.3 Å². The first kappa shape index (κ1) is 40.2. The monoisotopic (exact) mass is 754 g/mol. The van der Waals surface area contributed by atoms with Crippen molar-refractivity contribution >= 4 is 39.2 Å². The van der Waals surface area contributed by atoms with Gasteiger partial charge in [0.15, 0.2) is 5.78 Å². The summed E-state index contributed by atoms with van der Waals surface area (Å²) in [4.78, 5) is 34.2. The third-order valence-electron chi connectivity index (χ3n) is 9.67. The van der Waals surface area contributed by atoms with Crippen LogP contribution in [0.5, 0.6) is 0 Å². The molecule has 5 heterocycles. The minimum absolute atomic E-state index is 0. The Morgan fingerprint density at radius 1 is 0.980 bits per heavy atom. The Balaban J connectivity index is 0.00000213. The molecular formula is C42H56N4O2Pd. The first-order valence-corrected chi connectivity index (χ1v) is 18.2. The summed E-state index contributed by atoms with van der Waals surface area (Å²) in [5.74, 6) is 1.19. The SMILES string of the molecule is C=C1OC/C(=C\CCC)c2c(CCCC)nc(C(C)C)cc3[n-]c(cc4nc(cc5[n-]c2c1c5C)C(CC)C4C)c(C(C)=O)c3C.CC.[Pd+2]. The van der Waals surface area contributed by atoms with Crippen LogP contribution in [0.25, 0.3) is 33.4 Å². The van der Waals surface area contributed by atoms with E-state index in [1.807, 2.05) is 26.8 Å². The van der Waals surface area contributed by atoms with Gasteiger partial charge >= 0.3 is 20.4 Å². The van der Waals surface area contributed by atoms with Crippen LogP contribution in [0.3, 0.4) is 0 Å². The smallest absolute Gasteiger partial charge is 0.657 e. The van der Waals surface area contributed by atoms with Gasteiger partial charge in [-0.05, 0) is 63.5 Å². The number of nitrogens with zero attached hydrogens (tertiary/aromatic N) is 4. The molecule has 0 aliphatic carbocycles. The van der Waals surface area contributed by atoms with Crippen molar-refractivity contribution in [1.29, 1.82) is 0 Å². The molecule has 7 heteroatoms. The number of allylic oxidation sites excluding steroid dienone is 1. The van der Waals surface area contributed by atoms with E-state index in [1.165, 1.54) is 0 Å². The number of carbonyl (C=O) groups excluding carboxylic acids is 1. The zero-order valence-electron chi connectivity index (χ0n) is 31.6. The molecule has 6 nitrogen and oxygen atoms in total. The number of ether oxygens (including phenoxy) is 1. The topological polar surface area (TPSA) is 80.3 Å². The summed E-state index contributed by atoms with van der Waals surface area (Å²) in [6.07, 6.45) is 8.06. The van der Waals surface area contributed by atoms with Crippen LogP contribution in [0, 0.1) is 13.8 Å². The second-order valence-electron chi connectivity index (χ2n) is 13.3. The number of Topliss-reactive ketones (excluding diaryl/α,β-unsaturated/α-hetero) is 1. The molecule has 6 bridgehead atoms. The van der Waals surface area contributed by atoms with E-state index in [4.69, 9.17) is 24.7 Å². The zero-order valence-corrected chi connectivity index (χ0v) is 33.2. The van der Waals surface area contributed by atoms with Crippen LogP contribution in [0.1, 0.15) is 168 Å². The second kappa shape index (κ2) is 17.6. The third kappa shape index (κ3) is 8.21. The predicted octanol–water partition coefficient (Wildman–Crippen LogP) is 11.1. The number of hydrogen-bond acceptors (Lipinski definition) is 4. The van der Waals surface area contributed by atoms with Crippen molar-refractivity contribution in [2.24, 2.45) is 0 Å². The van der Waals surface area contributed by atoms with Crippen LogP contribution in [0.4, 0.5) is 0 Å². The molecular weight excluding hydrogens is 699 g/mol. The van der Waals surface area contributed by atoms with Crippen molar-refractivity contribution < 1.29 is 30.0 Å². The van der Waals surface area contributed by atoms with Gasteiger partial charge in [-0.25, -0.2) is 0 Å². The molecule has 0 saturated carbocycles. The van der Waals surface area contributed by atoms with E-state index in [0.29, 0.717) is 23.4 Å². The Morgan fingerprint density at radius 3 is 2.27 bits per heavy atom. The fourth-order valence-corrected chi connectivity index (χ4v) is 6.92. The van der Waals surface area contributed by atoms with Crippen molar-refractivity contribution in [3.63, 3.8) is 0 Å². The van der Waals surface area contributed by atoms with Gasteiger partial charge in [0.25, 0.3) is 0 Å². The number of hydrogen-bond donors (Lipinski definition) is 0. The Hall–Kier alpha value is -3.27. The Kier molecular flexibility index (Phi) is 14.4. The molecule has 2 aliphatic rings. The molecule has 0 spiro atoms. The Morgan fingerprint density at radius 2 is 1.65 bits per heavy atom. The quantitative estimate of drug-likeness (QED) is 0.168. The number of aromatic nitrogens is 4. The Labute approximate surface area is 308 Å². The van der Waals surface area contributed by atoms with E-state index >= 15 is 0 Å². The van der Waals surface area contributed by atoms with Gasteiger partial charge in [-0.2, -0.15) is 0 Å². The first-order valence-electron chi connectivity index (χ1n) is 18.2. The molecule has 3 aromatic heterocycles. The molecule has 0 N–H and O–H groups in total. The molecule has 49 heavy (non-hydrogen) atoms. The number of unbranched alkanes of at least 4 members (excludes halogenated alkanes) is 2. The number of rotatable bonds is 8. The summed E-state index contributed by atoms with van der Waals surface area (Å²) in [5, 5.41) is 0. The third-order valence-corrected chi connectivity index (χ3v) is 9.67. The van der Waals surface area contributed by atoms with Gasteiger partial charge in [-0.15, -0.1) is 22.1 Å². The minimum atomic E-state index is 0. The van der Waals surface area contributed by atoms with Gasteiger partial charge in [-0.3, -0.25) is 14.8 Å². The molecule has 2 aliphatic heterocycles. The van der Waals surface area contributed by atoms with E-state index in [0.717, 1.165) is 106 Å². The van der Waals surface area contributed by atoms with E-state index in [1.54, 1.807) is 6.92 Å². The second-order valence-corrected chi connectivity index (χ2v) is 13.3. The van der Waals surface area contributed by atoms with E-state index in [-0.39, 0.29) is 44.0 Å². The van der Waals surface area contributed by atoms with Gasteiger partial charge in [0.2, 0.25) is 0 Å². The van der Waals surface area contributed by atoms with Crippen LogP contribution in [-0.2, 0) is 31.6 Å². The van der Waals surface area contributed by atoms with Crippen molar-refractivity contribution in [2.75, 3.05) is 6.61 Å². The molecule has 3 aromatic rings. The maximum atomic E-state index is 13.0. The summed E-state index contributed by atoms with van der Waals surface area (Å²) in [6, 6.07) is 6.27. The first-order chi connectivity index (χ1) is 23.0. The Bertz CT molecular complexity index is 1860. The van der Waals surface area contributed by atoms with Crippen molar-refractivity contribution in [3.8, 4) is 0 Å². The summed E-state index contributed by atoms with van der Waals surface area (Å²) >= 11 is 0. The standard InChI is InChI=1S/C40H51N4O2.C2H6.Pd/c1-11-14-16-28-21-46-27(10)38-25(8)34-19-35-29(13-3)23(6)32(42-35)20-36-37(26(9)45)24(7)33(43-36)18-31(22(4)5)41-30(17-15-12-2)39(28)40(38)44-34;1-2;/h16,18-20,22-23,29H,10-15,17,21H2,1-9H3,(H-,41,42,43,44,45);1-2H3;/q-1;;+2/p-1/b28-16+;;. The molecule has 0 aromatic carbocycles. The fourth-order valence-electron chi connectivity index (χ4n) is 6.92. The van der Waals surface area contributed by atoms with Crippen molar-refractivity contribution in [1.82, 2.24) is 19.9 Å². The van der Waals surface area contributed by atoms with E-state index in [9.17, 15) is 4.79 Å². The summed E-state index contributed by atoms with van der Waals surface area (Å²) < 4.78 is 6.37. The zero-order chi connectivity index (χ0) is 35.3. The fraction of sp³-hybridized carbons (Fsp3) is 0.500. The molecule has 2 atom stereocenters. The molecule has 266 valence electrons. The largest absolute Gasteiger partial charge is 2.00 e. The van der Waals surface area contributed by atoms with Gasteiger partial charge in [0.05, 0.1) is 0 Å². The summed E-state index contributed by atoms with van der Waals surface area (Å²) in [6.45, 7) is 27.7. The van der Waals surface area contributed by atoms with Crippen LogP contribution in [-0.4, -0.2) is 22.4 Å². The van der Waals surface area contributed by atoms with Crippen LogP contribution >= 0.6 is 0 Å². The average Bonchev–Trinajstić information content (AvgIpc) is 3.62. The predicted molar refractivity (Wildman–Crippen MR) is 202 cm³/mol. The molecule has 0 radical (unpaired) electrons. The minimum Gasteiger partial charge on any atom is -0.657 e. The van der Waals surface area contributed by atoms with Crippen molar-refractivity contribution in [2.45, 2.75) is 132 Å². The average molecular weight is 755 g/mol. The number of aryl methyl sites for hydroxylation is 3. The van der Waals surface area contributed by atoms with Gasteiger partial charge in [-0.1, -0.05) is 110 Å². The molecule has 2 unspecified atom stereocenters. The summed E-state index contributed by atoms with van der Waals surface area (Å²) in [5.41, 5.74) is 12.9. The number of carbonyl (C=O) groups is 1. The molecule has 0 amide bonds.